The zero-order chi connectivity index (χ0) is 14.3. The number of anilines is 1. The third-order valence-electron chi connectivity index (χ3n) is 2.34. The molecule has 0 saturated carbocycles. The number of ether oxygens (including phenoxy) is 1. The zero-order valence-corrected chi connectivity index (χ0v) is 10.5. The van der Waals surface area contributed by atoms with Crippen LogP contribution in [0.15, 0.2) is 24.3 Å². The van der Waals surface area contributed by atoms with Crippen molar-refractivity contribution in [2.24, 2.45) is 11.5 Å². The van der Waals surface area contributed by atoms with Gasteiger partial charge in [0.2, 0.25) is 11.8 Å². The average Bonchev–Trinajstić information content (AvgIpc) is 2.30. The molecule has 0 aliphatic rings. The number of hydrogen-bond donors (Lipinski definition) is 3. The maximum atomic E-state index is 10.8. The summed E-state index contributed by atoms with van der Waals surface area (Å²) >= 11 is 0. The van der Waals surface area contributed by atoms with Crippen LogP contribution in [0, 0.1) is 0 Å². The van der Waals surface area contributed by atoms with E-state index in [1.54, 1.807) is 24.3 Å². The molecule has 0 aromatic heterocycles. The van der Waals surface area contributed by atoms with E-state index in [1.807, 2.05) is 0 Å². The highest BCUT2D eigenvalue weighted by atomic mass is 16.5. The molecular formula is C12H18N4O3. The third kappa shape index (κ3) is 5.73. The van der Waals surface area contributed by atoms with Crippen molar-refractivity contribution in [3.8, 4) is 5.75 Å². The van der Waals surface area contributed by atoms with E-state index in [1.165, 1.54) is 4.90 Å². The van der Waals surface area contributed by atoms with Crippen molar-refractivity contribution in [3.05, 3.63) is 24.3 Å². The second kappa shape index (κ2) is 7.22. The van der Waals surface area contributed by atoms with Gasteiger partial charge in [0.15, 0.2) is 0 Å². The fourth-order valence-corrected chi connectivity index (χ4v) is 1.55. The lowest BCUT2D eigenvalue weighted by atomic mass is 10.3. The highest BCUT2D eigenvalue weighted by Crippen LogP contribution is 2.19. The van der Waals surface area contributed by atoms with Gasteiger partial charge in [-0.25, -0.2) is 0 Å². The number of benzene rings is 1. The van der Waals surface area contributed by atoms with Gasteiger partial charge in [0, 0.05) is 6.54 Å². The maximum absolute atomic E-state index is 10.8. The number of primary amides is 2. The molecule has 0 heterocycles. The van der Waals surface area contributed by atoms with E-state index < -0.39 is 11.8 Å². The SMILES string of the molecule is NC(=O)CN(CCOc1ccccc1N)CC(N)=O. The summed E-state index contributed by atoms with van der Waals surface area (Å²) in [5, 5.41) is 0. The second-order valence-electron chi connectivity index (χ2n) is 4.03. The number of para-hydroxylation sites is 2. The zero-order valence-electron chi connectivity index (χ0n) is 10.5. The molecule has 0 atom stereocenters. The van der Waals surface area contributed by atoms with Crippen molar-refractivity contribution < 1.29 is 14.3 Å². The topological polar surface area (TPSA) is 125 Å². The molecule has 7 nitrogen and oxygen atoms in total. The standard InChI is InChI=1S/C12H18N4O3/c13-9-3-1-2-4-10(9)19-6-5-16(7-11(14)17)8-12(15)18/h1-4H,5-8,13H2,(H2,14,17)(H2,15,18). The number of rotatable bonds is 8. The second-order valence-corrected chi connectivity index (χ2v) is 4.03. The Morgan fingerprint density at radius 1 is 1.11 bits per heavy atom. The first-order valence-corrected chi connectivity index (χ1v) is 5.75. The van der Waals surface area contributed by atoms with Crippen LogP contribution in [0.1, 0.15) is 0 Å². The van der Waals surface area contributed by atoms with Crippen molar-refractivity contribution in [1.29, 1.82) is 0 Å². The molecule has 19 heavy (non-hydrogen) atoms. The van der Waals surface area contributed by atoms with Crippen molar-refractivity contribution in [2.45, 2.75) is 0 Å². The summed E-state index contributed by atoms with van der Waals surface area (Å²) < 4.78 is 5.46. The van der Waals surface area contributed by atoms with Crippen molar-refractivity contribution in [1.82, 2.24) is 4.90 Å². The smallest absolute Gasteiger partial charge is 0.231 e. The molecular weight excluding hydrogens is 248 g/mol. The number of amides is 2. The largest absolute Gasteiger partial charge is 0.490 e. The van der Waals surface area contributed by atoms with Gasteiger partial charge < -0.3 is 21.9 Å². The lowest BCUT2D eigenvalue weighted by Gasteiger charge is -2.19. The minimum Gasteiger partial charge on any atom is -0.490 e. The first-order chi connectivity index (χ1) is 8.99. The molecule has 0 aliphatic carbocycles. The predicted octanol–water partition coefficient (Wildman–Crippen LogP) is -1.08. The van der Waals surface area contributed by atoms with Crippen molar-refractivity contribution in [3.63, 3.8) is 0 Å². The molecule has 1 rings (SSSR count). The minimum absolute atomic E-state index is 0.0451. The molecule has 0 saturated heterocycles. The van der Waals surface area contributed by atoms with Gasteiger partial charge in [-0.05, 0) is 12.1 Å². The molecule has 0 unspecified atom stereocenters. The Morgan fingerprint density at radius 3 is 2.21 bits per heavy atom. The monoisotopic (exact) mass is 266 g/mol. The van der Waals surface area contributed by atoms with E-state index >= 15 is 0 Å². The Bertz CT molecular complexity index is 434. The Hall–Kier alpha value is -2.28. The number of hydrogen-bond acceptors (Lipinski definition) is 5. The van der Waals surface area contributed by atoms with Crippen LogP contribution in [0.2, 0.25) is 0 Å². The summed E-state index contributed by atoms with van der Waals surface area (Å²) in [4.78, 5) is 23.2. The molecule has 1 aromatic rings. The van der Waals surface area contributed by atoms with Gasteiger partial charge in [-0.1, -0.05) is 12.1 Å². The molecule has 2 amide bonds. The fraction of sp³-hybridized carbons (Fsp3) is 0.333. The summed E-state index contributed by atoms with van der Waals surface area (Å²) in [7, 11) is 0. The van der Waals surface area contributed by atoms with Crippen LogP contribution in [0.5, 0.6) is 5.75 Å². The highest BCUT2D eigenvalue weighted by molar-refractivity contribution is 5.79. The number of nitrogens with two attached hydrogens (primary N) is 3. The molecule has 0 fully saturated rings. The highest BCUT2D eigenvalue weighted by Gasteiger charge is 2.11. The molecule has 7 heteroatoms. The predicted molar refractivity (Wildman–Crippen MR) is 71.2 cm³/mol. The van der Waals surface area contributed by atoms with Gasteiger partial charge in [0.05, 0.1) is 18.8 Å². The minimum atomic E-state index is -0.527. The summed E-state index contributed by atoms with van der Waals surface area (Å²) in [5.74, 6) is -0.499. The van der Waals surface area contributed by atoms with Crippen LogP contribution >= 0.6 is 0 Å². The molecule has 0 aliphatic heterocycles. The van der Waals surface area contributed by atoms with Gasteiger partial charge in [0.25, 0.3) is 0 Å². The average molecular weight is 266 g/mol. The van der Waals surface area contributed by atoms with Crippen LogP contribution in [0.4, 0.5) is 5.69 Å². The lowest BCUT2D eigenvalue weighted by molar-refractivity contribution is -0.122. The van der Waals surface area contributed by atoms with E-state index in [0.717, 1.165) is 0 Å². The number of nitrogens with zero attached hydrogens (tertiary/aromatic N) is 1. The van der Waals surface area contributed by atoms with E-state index in [-0.39, 0.29) is 19.7 Å². The lowest BCUT2D eigenvalue weighted by Crippen LogP contribution is -2.41. The van der Waals surface area contributed by atoms with Crippen LogP contribution in [-0.2, 0) is 9.59 Å². The maximum Gasteiger partial charge on any atom is 0.231 e. The number of carbonyl (C=O) groups excluding carboxylic acids is 2. The van der Waals surface area contributed by atoms with E-state index in [4.69, 9.17) is 21.9 Å². The van der Waals surface area contributed by atoms with Gasteiger partial charge >= 0.3 is 0 Å². The van der Waals surface area contributed by atoms with Crippen LogP contribution in [0.25, 0.3) is 0 Å². The Labute approximate surface area is 111 Å². The van der Waals surface area contributed by atoms with Crippen LogP contribution in [0.3, 0.4) is 0 Å². The van der Waals surface area contributed by atoms with E-state index in [9.17, 15) is 9.59 Å². The summed E-state index contributed by atoms with van der Waals surface area (Å²) in [6, 6.07) is 7.06. The first kappa shape index (κ1) is 14.8. The Balaban J connectivity index is 2.45. The Morgan fingerprint density at radius 2 is 1.68 bits per heavy atom. The van der Waals surface area contributed by atoms with Gasteiger partial charge in [0.1, 0.15) is 12.4 Å². The summed E-state index contributed by atoms with van der Waals surface area (Å²) in [5.41, 5.74) is 16.4. The van der Waals surface area contributed by atoms with Crippen molar-refractivity contribution >= 4 is 17.5 Å². The first-order valence-electron chi connectivity index (χ1n) is 5.75. The fourth-order valence-electron chi connectivity index (χ4n) is 1.55. The van der Waals surface area contributed by atoms with Crippen molar-refractivity contribution in [2.75, 3.05) is 32.0 Å². The number of carbonyl (C=O) groups is 2. The van der Waals surface area contributed by atoms with Gasteiger partial charge in [-0.3, -0.25) is 14.5 Å². The normalized spacial score (nSPS) is 10.4. The molecule has 6 N–H and O–H groups in total. The summed E-state index contributed by atoms with van der Waals surface area (Å²) in [6.45, 7) is 0.530. The van der Waals surface area contributed by atoms with Gasteiger partial charge in [-0.15, -0.1) is 0 Å². The molecule has 0 bridgehead atoms. The molecule has 1 aromatic carbocycles. The third-order valence-corrected chi connectivity index (χ3v) is 2.34. The van der Waals surface area contributed by atoms with E-state index in [0.29, 0.717) is 18.0 Å². The van der Waals surface area contributed by atoms with Crippen LogP contribution in [-0.4, -0.2) is 43.0 Å². The van der Waals surface area contributed by atoms with E-state index in [2.05, 4.69) is 0 Å². The molecule has 0 radical (unpaired) electrons. The van der Waals surface area contributed by atoms with Crippen LogP contribution < -0.4 is 21.9 Å². The Kier molecular flexibility index (Phi) is 5.62. The summed E-state index contributed by atoms with van der Waals surface area (Å²) in [6.07, 6.45) is 0. The molecule has 104 valence electrons. The number of nitrogen functional groups attached to an aromatic ring is 1. The quantitative estimate of drug-likeness (QED) is 0.516. The molecule has 0 spiro atoms. The van der Waals surface area contributed by atoms with Gasteiger partial charge in [-0.2, -0.15) is 0 Å².